The molecular weight excluding hydrogens is 238 g/mol. The zero-order valence-corrected chi connectivity index (χ0v) is 13.4. The van der Waals surface area contributed by atoms with Crippen LogP contribution in [0.3, 0.4) is 0 Å². The molecule has 0 unspecified atom stereocenters. The Morgan fingerprint density at radius 3 is 2.11 bits per heavy atom. The summed E-state index contributed by atoms with van der Waals surface area (Å²) >= 11 is 0. The highest BCUT2D eigenvalue weighted by molar-refractivity contribution is 5.88. The first-order valence-corrected chi connectivity index (χ1v) is 6.94. The number of rotatable bonds is 7. The van der Waals surface area contributed by atoms with Crippen LogP contribution in [0.5, 0.6) is 0 Å². The number of nitrogens with two attached hydrogens (primary N) is 1. The van der Waals surface area contributed by atoms with Crippen LogP contribution in [0.2, 0.25) is 0 Å². The first kappa shape index (κ1) is 18.0. The molecular formula is C15H31N3O. The van der Waals surface area contributed by atoms with E-state index >= 15 is 0 Å². The van der Waals surface area contributed by atoms with E-state index in [1.54, 1.807) is 0 Å². The highest BCUT2D eigenvalue weighted by Gasteiger charge is 2.31. The van der Waals surface area contributed by atoms with Crippen molar-refractivity contribution in [2.75, 3.05) is 6.54 Å². The van der Waals surface area contributed by atoms with E-state index < -0.39 is 0 Å². The molecule has 0 aromatic heterocycles. The zero-order chi connectivity index (χ0) is 15.3. The van der Waals surface area contributed by atoms with Crippen LogP contribution in [0.15, 0.2) is 12.4 Å². The van der Waals surface area contributed by atoms with Crippen LogP contribution < -0.4 is 16.4 Å². The summed E-state index contributed by atoms with van der Waals surface area (Å²) in [4.78, 5) is 12.4. The summed E-state index contributed by atoms with van der Waals surface area (Å²) in [5, 5.41) is 6.41. The van der Waals surface area contributed by atoms with E-state index in [2.05, 4.69) is 38.0 Å². The van der Waals surface area contributed by atoms with Gasteiger partial charge in [-0.05, 0) is 33.6 Å². The Morgan fingerprint density at radius 2 is 1.74 bits per heavy atom. The normalized spacial score (nSPS) is 14.0. The summed E-state index contributed by atoms with van der Waals surface area (Å²) in [6.07, 6.45) is 1.68. The Kier molecular flexibility index (Phi) is 6.57. The Labute approximate surface area is 118 Å². The smallest absolute Gasteiger partial charge is 0.155 e. The quantitative estimate of drug-likeness (QED) is 0.620. The fourth-order valence-electron chi connectivity index (χ4n) is 1.87. The average Bonchev–Trinajstić information content (AvgIpc) is 2.18. The van der Waals surface area contributed by atoms with E-state index in [9.17, 15) is 4.79 Å². The topological polar surface area (TPSA) is 67.2 Å². The maximum atomic E-state index is 12.4. The molecule has 0 saturated heterocycles. The molecule has 4 heteroatoms. The lowest BCUT2D eigenvalue weighted by Gasteiger charge is -2.32. The summed E-state index contributed by atoms with van der Waals surface area (Å²) in [6, 6.07) is -0.118. The Morgan fingerprint density at radius 1 is 1.21 bits per heavy atom. The molecule has 0 aromatic carbocycles. The molecule has 4 nitrogen and oxygen atoms in total. The van der Waals surface area contributed by atoms with Gasteiger partial charge in [-0.3, -0.25) is 4.79 Å². The van der Waals surface area contributed by atoms with Crippen LogP contribution in [0.1, 0.15) is 54.4 Å². The fourth-order valence-corrected chi connectivity index (χ4v) is 1.87. The van der Waals surface area contributed by atoms with Crippen molar-refractivity contribution in [1.29, 1.82) is 0 Å². The van der Waals surface area contributed by atoms with Crippen molar-refractivity contribution < 1.29 is 4.79 Å². The molecule has 0 aliphatic heterocycles. The van der Waals surface area contributed by atoms with Gasteiger partial charge in [-0.25, -0.2) is 0 Å². The van der Waals surface area contributed by atoms with Crippen LogP contribution in [-0.2, 0) is 4.79 Å². The summed E-state index contributed by atoms with van der Waals surface area (Å²) in [5.74, 6) is 0.733. The minimum Gasteiger partial charge on any atom is -0.386 e. The van der Waals surface area contributed by atoms with Crippen LogP contribution >= 0.6 is 0 Å². The molecule has 0 bridgehead atoms. The van der Waals surface area contributed by atoms with Crippen molar-refractivity contribution in [2.24, 2.45) is 11.1 Å². The zero-order valence-electron chi connectivity index (χ0n) is 13.4. The van der Waals surface area contributed by atoms with E-state index in [1.807, 2.05) is 20.8 Å². The number of ketones is 1. The van der Waals surface area contributed by atoms with Gasteiger partial charge in [0.25, 0.3) is 0 Å². The van der Waals surface area contributed by atoms with E-state index in [-0.39, 0.29) is 22.8 Å². The van der Waals surface area contributed by atoms with Crippen LogP contribution in [0.25, 0.3) is 0 Å². The first-order valence-electron chi connectivity index (χ1n) is 6.94. The molecule has 0 aliphatic carbocycles. The molecule has 112 valence electrons. The Bertz CT molecular complexity index is 310. The van der Waals surface area contributed by atoms with Gasteiger partial charge >= 0.3 is 0 Å². The second kappa shape index (κ2) is 6.94. The third-order valence-electron chi connectivity index (χ3n) is 2.68. The van der Waals surface area contributed by atoms with Crippen molar-refractivity contribution >= 4 is 5.78 Å². The van der Waals surface area contributed by atoms with Crippen LogP contribution in [0.4, 0.5) is 0 Å². The summed E-state index contributed by atoms with van der Waals surface area (Å²) in [7, 11) is 0. The summed E-state index contributed by atoms with van der Waals surface area (Å²) in [5.41, 5.74) is 5.05. The number of hydrogen-bond acceptors (Lipinski definition) is 4. The number of carbonyl (C=O) groups excluding carboxylic acids is 1. The van der Waals surface area contributed by atoms with Gasteiger partial charge in [0.15, 0.2) is 5.78 Å². The molecule has 0 spiro atoms. The number of carbonyl (C=O) groups is 1. The Balaban J connectivity index is 4.52. The molecule has 0 saturated carbocycles. The van der Waals surface area contributed by atoms with Crippen molar-refractivity contribution in [3.8, 4) is 0 Å². The lowest BCUT2D eigenvalue weighted by molar-refractivity contribution is -0.129. The molecule has 0 aliphatic rings. The second-order valence-electron chi connectivity index (χ2n) is 7.16. The maximum absolute atomic E-state index is 12.4. The largest absolute Gasteiger partial charge is 0.386 e. The maximum Gasteiger partial charge on any atom is 0.155 e. The molecule has 0 heterocycles. The third-order valence-corrected chi connectivity index (χ3v) is 2.68. The van der Waals surface area contributed by atoms with Gasteiger partial charge in [0.05, 0.1) is 11.9 Å². The Hall–Kier alpha value is -1.03. The van der Waals surface area contributed by atoms with Crippen LogP contribution in [0, 0.1) is 5.41 Å². The van der Waals surface area contributed by atoms with Gasteiger partial charge in [0, 0.05) is 17.5 Å². The van der Waals surface area contributed by atoms with Crippen molar-refractivity contribution in [3.63, 3.8) is 0 Å². The lowest BCUT2D eigenvalue weighted by Crippen LogP contribution is -2.51. The monoisotopic (exact) mass is 269 g/mol. The lowest BCUT2D eigenvalue weighted by atomic mass is 9.84. The SMILES string of the molecule is C=C(N)NCCC[C@@H](NC(C)(C)C)C(=O)C(C)(C)C. The second-order valence-corrected chi connectivity index (χ2v) is 7.16. The van der Waals surface area contributed by atoms with Crippen molar-refractivity contribution in [2.45, 2.75) is 66.0 Å². The molecule has 0 rings (SSSR count). The van der Waals surface area contributed by atoms with Crippen molar-refractivity contribution in [3.05, 3.63) is 12.4 Å². The molecule has 19 heavy (non-hydrogen) atoms. The van der Waals surface area contributed by atoms with E-state index in [0.29, 0.717) is 5.82 Å². The van der Waals surface area contributed by atoms with E-state index in [0.717, 1.165) is 19.4 Å². The predicted molar refractivity (Wildman–Crippen MR) is 81.7 cm³/mol. The van der Waals surface area contributed by atoms with E-state index in [4.69, 9.17) is 5.73 Å². The number of nitrogens with one attached hydrogen (secondary N) is 2. The highest BCUT2D eigenvalue weighted by atomic mass is 16.1. The van der Waals surface area contributed by atoms with Crippen molar-refractivity contribution in [1.82, 2.24) is 10.6 Å². The van der Waals surface area contributed by atoms with Crippen LogP contribution in [-0.4, -0.2) is 23.9 Å². The third kappa shape index (κ3) is 8.65. The van der Waals surface area contributed by atoms with Gasteiger partial charge in [0.2, 0.25) is 0 Å². The summed E-state index contributed by atoms with van der Waals surface area (Å²) in [6.45, 7) is 16.5. The number of hydrogen-bond donors (Lipinski definition) is 3. The minimum atomic E-state index is -0.326. The molecule has 4 N–H and O–H groups in total. The molecule has 1 atom stereocenters. The molecule has 0 radical (unpaired) electrons. The van der Waals surface area contributed by atoms with E-state index in [1.165, 1.54) is 0 Å². The summed E-state index contributed by atoms with van der Waals surface area (Å²) < 4.78 is 0. The standard InChI is InChI=1S/C15H31N3O/c1-11(16)17-10-8-9-12(18-15(5,6)7)13(19)14(2,3)4/h12,17-18H,1,8-10,16H2,2-7H3/t12-/m1/s1. The first-order chi connectivity index (χ1) is 8.43. The molecule has 0 amide bonds. The van der Waals surface area contributed by atoms with Gasteiger partial charge in [-0.1, -0.05) is 27.4 Å². The predicted octanol–water partition coefficient (Wildman–Crippen LogP) is 2.16. The average molecular weight is 269 g/mol. The number of Topliss-reactive ketones (excluding diaryl/α,β-unsaturated/α-hetero) is 1. The molecule has 0 aromatic rings. The van der Waals surface area contributed by atoms with Gasteiger partial charge < -0.3 is 16.4 Å². The van der Waals surface area contributed by atoms with Gasteiger partial charge in [0.1, 0.15) is 0 Å². The highest BCUT2D eigenvalue weighted by Crippen LogP contribution is 2.20. The van der Waals surface area contributed by atoms with Gasteiger partial charge in [-0.2, -0.15) is 0 Å². The van der Waals surface area contributed by atoms with Gasteiger partial charge in [-0.15, -0.1) is 0 Å². The fraction of sp³-hybridized carbons (Fsp3) is 0.800. The molecule has 0 fully saturated rings. The minimum absolute atomic E-state index is 0.0729.